The lowest BCUT2D eigenvalue weighted by molar-refractivity contribution is 0.196. The molecule has 0 atom stereocenters. The van der Waals surface area contributed by atoms with Crippen molar-refractivity contribution in [1.29, 1.82) is 0 Å². The Morgan fingerprint density at radius 3 is 2.93 bits per heavy atom. The molecule has 78 valence electrons. The fourth-order valence-corrected chi connectivity index (χ4v) is 2.99. The van der Waals surface area contributed by atoms with Crippen molar-refractivity contribution in [3.63, 3.8) is 0 Å². The molecule has 0 amide bonds. The van der Waals surface area contributed by atoms with E-state index < -0.39 is 6.09 Å². The Morgan fingerprint density at radius 2 is 2.33 bits per heavy atom. The number of aromatic nitrogens is 2. The zero-order valence-corrected chi connectivity index (χ0v) is 10.6. The largest absolute Gasteiger partial charge is 0.464 e. The summed E-state index contributed by atoms with van der Waals surface area (Å²) >= 11 is 6.64. The molecule has 0 aromatic carbocycles. The molecule has 2 aromatic rings. The number of fused-ring (bicyclic) bond motifs is 1. The molecule has 0 radical (unpaired) electrons. The van der Waals surface area contributed by atoms with Crippen LogP contribution in [0, 0.1) is 0 Å². The third kappa shape index (κ3) is 1.57. The van der Waals surface area contributed by atoms with Gasteiger partial charge in [-0.15, -0.1) is 0 Å². The Balaban J connectivity index is 2.91. The van der Waals surface area contributed by atoms with E-state index in [1.54, 1.807) is 12.3 Å². The van der Waals surface area contributed by atoms with Crippen LogP contribution >= 0.6 is 31.9 Å². The Bertz CT molecular complexity index is 536. The highest BCUT2D eigenvalue weighted by Gasteiger charge is 2.18. The Hall–Kier alpha value is -0.880. The second-order valence-electron chi connectivity index (χ2n) is 2.89. The zero-order chi connectivity index (χ0) is 11.0. The first-order valence-corrected chi connectivity index (χ1v) is 6.01. The van der Waals surface area contributed by atoms with Crippen LogP contribution in [0.25, 0.3) is 11.0 Å². The summed E-state index contributed by atoms with van der Waals surface area (Å²) in [6.07, 6.45) is 0.547. The summed E-state index contributed by atoms with van der Waals surface area (Å²) in [5, 5.41) is 10.3. The molecule has 0 unspecified atom stereocenters. The van der Waals surface area contributed by atoms with Gasteiger partial charge in [-0.25, -0.2) is 14.3 Å². The second-order valence-corrected chi connectivity index (χ2v) is 4.24. The lowest BCUT2D eigenvalue weighted by atomic mass is 10.3. The molecule has 0 fully saturated rings. The van der Waals surface area contributed by atoms with E-state index in [-0.39, 0.29) is 0 Å². The Kier molecular flexibility index (Phi) is 2.79. The molecule has 0 saturated heterocycles. The minimum Gasteiger partial charge on any atom is -0.464 e. The van der Waals surface area contributed by atoms with Gasteiger partial charge in [0.1, 0.15) is 0 Å². The molecule has 0 saturated carbocycles. The van der Waals surface area contributed by atoms with E-state index in [1.807, 2.05) is 6.07 Å². The predicted octanol–water partition coefficient (Wildman–Crippen LogP) is 3.22. The van der Waals surface area contributed by atoms with Gasteiger partial charge in [-0.2, -0.15) is 0 Å². The molecule has 0 aliphatic carbocycles. The molecule has 0 aliphatic rings. The third-order valence-corrected chi connectivity index (χ3v) is 3.49. The number of alkyl halides is 1. The maximum atomic E-state index is 11.1. The average Bonchev–Trinajstić information content (AvgIpc) is 2.52. The monoisotopic (exact) mass is 332 g/mol. The maximum Gasteiger partial charge on any atom is 0.417 e. The van der Waals surface area contributed by atoms with Crippen molar-refractivity contribution >= 4 is 49.0 Å². The Morgan fingerprint density at radius 1 is 1.60 bits per heavy atom. The average molecular weight is 334 g/mol. The van der Waals surface area contributed by atoms with Crippen LogP contribution in [0.5, 0.6) is 0 Å². The standard InChI is InChI=1S/C9H6Br2N2O2/c10-4-6-7(11)5-2-1-3-12-8(5)13(6)9(14)15/h1-3H,4H2,(H,14,15). The van der Waals surface area contributed by atoms with Crippen molar-refractivity contribution in [2.45, 2.75) is 5.33 Å². The van der Waals surface area contributed by atoms with Crippen LogP contribution in [0.2, 0.25) is 0 Å². The number of hydrogen-bond donors (Lipinski definition) is 1. The maximum absolute atomic E-state index is 11.1. The van der Waals surface area contributed by atoms with Gasteiger partial charge >= 0.3 is 6.09 Å². The summed E-state index contributed by atoms with van der Waals surface area (Å²) in [6.45, 7) is 0. The fraction of sp³-hybridized carbons (Fsp3) is 0.111. The zero-order valence-electron chi connectivity index (χ0n) is 7.44. The van der Waals surface area contributed by atoms with Gasteiger partial charge < -0.3 is 5.11 Å². The van der Waals surface area contributed by atoms with E-state index in [9.17, 15) is 4.79 Å². The molecule has 4 nitrogen and oxygen atoms in total. The van der Waals surface area contributed by atoms with E-state index in [2.05, 4.69) is 36.8 Å². The van der Waals surface area contributed by atoms with Crippen LogP contribution in [0.15, 0.2) is 22.8 Å². The number of halogens is 2. The number of nitrogens with zero attached hydrogens (tertiary/aromatic N) is 2. The first kappa shape index (κ1) is 10.6. The van der Waals surface area contributed by atoms with Crippen molar-refractivity contribution in [3.8, 4) is 0 Å². The fourth-order valence-electron chi connectivity index (χ4n) is 1.45. The van der Waals surface area contributed by atoms with E-state index in [1.165, 1.54) is 4.57 Å². The van der Waals surface area contributed by atoms with E-state index in [0.717, 1.165) is 9.86 Å². The number of carbonyl (C=O) groups is 1. The first-order valence-electron chi connectivity index (χ1n) is 4.10. The minimum absolute atomic E-state index is 0.450. The molecular formula is C9H6Br2N2O2. The summed E-state index contributed by atoms with van der Waals surface area (Å²) in [6, 6.07) is 3.61. The number of rotatable bonds is 1. The van der Waals surface area contributed by atoms with E-state index in [0.29, 0.717) is 16.7 Å². The second kappa shape index (κ2) is 3.94. The van der Waals surface area contributed by atoms with Crippen LogP contribution in [0.1, 0.15) is 5.69 Å². The topological polar surface area (TPSA) is 55.1 Å². The SMILES string of the molecule is O=C(O)n1c(CBr)c(Br)c2cccnc21. The quantitative estimate of drug-likeness (QED) is 0.815. The van der Waals surface area contributed by atoms with Crippen LogP contribution in [-0.4, -0.2) is 20.8 Å². The van der Waals surface area contributed by atoms with Gasteiger partial charge in [0.25, 0.3) is 0 Å². The number of pyridine rings is 1. The highest BCUT2D eigenvalue weighted by molar-refractivity contribution is 9.11. The number of carboxylic acid groups (broad SMARTS) is 1. The van der Waals surface area contributed by atoms with Gasteiger partial charge in [0.15, 0.2) is 5.65 Å². The van der Waals surface area contributed by atoms with Crippen LogP contribution < -0.4 is 0 Å². The van der Waals surface area contributed by atoms with Gasteiger partial charge in [0.05, 0.1) is 5.69 Å². The van der Waals surface area contributed by atoms with Crippen molar-refractivity contribution in [3.05, 3.63) is 28.5 Å². The molecule has 1 N–H and O–H groups in total. The smallest absolute Gasteiger partial charge is 0.417 e. The predicted molar refractivity (Wildman–Crippen MR) is 63.5 cm³/mol. The molecule has 2 aromatic heterocycles. The molecule has 0 spiro atoms. The molecule has 2 rings (SSSR count). The molecule has 15 heavy (non-hydrogen) atoms. The minimum atomic E-state index is -1.03. The van der Waals surface area contributed by atoms with Crippen molar-refractivity contribution in [2.24, 2.45) is 0 Å². The van der Waals surface area contributed by atoms with E-state index in [4.69, 9.17) is 5.11 Å². The molecule has 0 bridgehead atoms. The summed E-state index contributed by atoms with van der Waals surface area (Å²) in [4.78, 5) is 15.2. The van der Waals surface area contributed by atoms with Gasteiger partial charge in [-0.05, 0) is 28.1 Å². The van der Waals surface area contributed by atoms with Crippen LogP contribution in [0.4, 0.5) is 4.79 Å². The molecule has 0 aliphatic heterocycles. The lowest BCUT2D eigenvalue weighted by Gasteiger charge is -2.00. The Labute approximate surface area is 102 Å². The van der Waals surface area contributed by atoms with E-state index >= 15 is 0 Å². The van der Waals surface area contributed by atoms with Crippen LogP contribution in [-0.2, 0) is 5.33 Å². The molecule has 2 heterocycles. The van der Waals surface area contributed by atoms with Gasteiger partial charge in [-0.1, -0.05) is 15.9 Å². The first-order chi connectivity index (χ1) is 7.16. The third-order valence-electron chi connectivity index (χ3n) is 2.08. The molecular weight excluding hydrogens is 328 g/mol. The van der Waals surface area contributed by atoms with Crippen molar-refractivity contribution < 1.29 is 9.90 Å². The summed E-state index contributed by atoms with van der Waals surface area (Å²) in [7, 11) is 0. The van der Waals surface area contributed by atoms with Gasteiger partial charge in [0, 0.05) is 21.4 Å². The van der Waals surface area contributed by atoms with Gasteiger partial charge in [0.2, 0.25) is 0 Å². The summed E-state index contributed by atoms with van der Waals surface area (Å²) in [5.74, 6) is 0. The lowest BCUT2D eigenvalue weighted by Crippen LogP contribution is -2.11. The highest BCUT2D eigenvalue weighted by Crippen LogP contribution is 2.30. The van der Waals surface area contributed by atoms with Gasteiger partial charge in [-0.3, -0.25) is 0 Å². The summed E-state index contributed by atoms with van der Waals surface area (Å²) < 4.78 is 1.94. The van der Waals surface area contributed by atoms with Crippen LogP contribution in [0.3, 0.4) is 0 Å². The van der Waals surface area contributed by atoms with Crippen molar-refractivity contribution in [1.82, 2.24) is 9.55 Å². The summed E-state index contributed by atoms with van der Waals surface area (Å²) in [5.41, 5.74) is 1.10. The number of hydrogen-bond acceptors (Lipinski definition) is 2. The highest BCUT2D eigenvalue weighted by atomic mass is 79.9. The normalized spacial score (nSPS) is 10.8. The van der Waals surface area contributed by atoms with Crippen molar-refractivity contribution in [2.75, 3.05) is 0 Å². The molecule has 6 heteroatoms.